The van der Waals surface area contributed by atoms with E-state index in [0.29, 0.717) is 28.0 Å². The first-order valence-electron chi connectivity index (χ1n) is 10.9. The molecule has 0 aliphatic carbocycles. The molecule has 1 amide bonds. The van der Waals surface area contributed by atoms with E-state index in [-0.39, 0.29) is 27.1 Å². The van der Waals surface area contributed by atoms with E-state index < -0.39 is 5.91 Å². The van der Waals surface area contributed by atoms with Crippen molar-refractivity contribution in [3.8, 4) is 11.4 Å². The van der Waals surface area contributed by atoms with Crippen molar-refractivity contribution in [3.63, 3.8) is 0 Å². The van der Waals surface area contributed by atoms with Gasteiger partial charge in [0.25, 0.3) is 17.0 Å². The predicted octanol–water partition coefficient (Wildman–Crippen LogP) is 4.10. The van der Waals surface area contributed by atoms with Gasteiger partial charge in [0.15, 0.2) is 4.77 Å². The van der Waals surface area contributed by atoms with Crippen molar-refractivity contribution in [1.29, 1.82) is 0 Å². The Morgan fingerprint density at radius 3 is 2.34 bits per heavy atom. The Labute approximate surface area is 204 Å². The van der Waals surface area contributed by atoms with Gasteiger partial charge < -0.3 is 10.3 Å². The van der Waals surface area contributed by atoms with E-state index in [1.54, 1.807) is 61.1 Å². The number of H-pyrrole nitrogens is 1. The van der Waals surface area contributed by atoms with Crippen LogP contribution in [0.25, 0.3) is 22.3 Å². The summed E-state index contributed by atoms with van der Waals surface area (Å²) in [5.41, 5.74) is 2.23. The molecule has 0 spiro atoms. The number of hydrogen-bond donors (Lipinski definition) is 2. The minimum absolute atomic E-state index is 0.187. The highest BCUT2D eigenvalue weighted by atomic mass is 32.1. The lowest BCUT2D eigenvalue weighted by Gasteiger charge is -2.10. The van der Waals surface area contributed by atoms with Crippen LogP contribution in [0.1, 0.15) is 16.1 Å². The molecule has 0 aliphatic rings. The van der Waals surface area contributed by atoms with Gasteiger partial charge in [-0.2, -0.15) is 0 Å². The zero-order chi connectivity index (χ0) is 24.7. The summed E-state index contributed by atoms with van der Waals surface area (Å²) in [7, 11) is 1.76. The van der Waals surface area contributed by atoms with Crippen LogP contribution in [0.5, 0.6) is 0 Å². The second kappa shape index (κ2) is 8.69. The zero-order valence-electron chi connectivity index (χ0n) is 19.0. The third-order valence-electron chi connectivity index (χ3n) is 5.96. The summed E-state index contributed by atoms with van der Waals surface area (Å²) in [6.07, 6.45) is 0. The molecule has 0 atom stereocenters. The van der Waals surface area contributed by atoms with Gasteiger partial charge in [-0.15, -0.1) is 0 Å². The van der Waals surface area contributed by atoms with Crippen molar-refractivity contribution in [2.45, 2.75) is 6.92 Å². The van der Waals surface area contributed by atoms with Crippen molar-refractivity contribution in [2.24, 2.45) is 7.05 Å². The Kier molecular flexibility index (Phi) is 5.54. The van der Waals surface area contributed by atoms with Crippen molar-refractivity contribution in [2.75, 3.05) is 5.32 Å². The Morgan fingerprint density at radius 2 is 1.57 bits per heavy atom. The normalized spacial score (nSPS) is 11.0. The number of aromatic nitrogens is 4. The molecule has 3 aromatic carbocycles. The zero-order valence-corrected chi connectivity index (χ0v) is 19.8. The Morgan fingerprint density at radius 1 is 0.886 bits per heavy atom. The van der Waals surface area contributed by atoms with Crippen LogP contribution in [0.2, 0.25) is 0 Å². The van der Waals surface area contributed by atoms with Crippen LogP contribution in [0.15, 0.2) is 88.5 Å². The van der Waals surface area contributed by atoms with Gasteiger partial charge in [-0.25, -0.2) is 4.68 Å². The van der Waals surface area contributed by atoms with E-state index in [1.807, 2.05) is 36.4 Å². The second-order valence-corrected chi connectivity index (χ2v) is 8.44. The Hall–Kier alpha value is -4.50. The van der Waals surface area contributed by atoms with Crippen LogP contribution in [0, 0.1) is 11.7 Å². The van der Waals surface area contributed by atoms with E-state index in [0.717, 1.165) is 0 Å². The third-order valence-corrected chi connectivity index (χ3v) is 6.25. The maximum atomic E-state index is 13.2. The second-order valence-electron chi connectivity index (χ2n) is 8.06. The van der Waals surface area contributed by atoms with E-state index in [2.05, 4.69) is 10.3 Å². The van der Waals surface area contributed by atoms with Crippen molar-refractivity contribution < 1.29 is 4.79 Å². The van der Waals surface area contributed by atoms with Crippen molar-refractivity contribution in [3.05, 3.63) is 116 Å². The lowest BCUT2D eigenvalue weighted by molar-refractivity contribution is 0.102. The van der Waals surface area contributed by atoms with E-state index >= 15 is 0 Å². The summed E-state index contributed by atoms with van der Waals surface area (Å²) in [6, 6.07) is 22.8. The molecule has 35 heavy (non-hydrogen) atoms. The molecule has 2 N–H and O–H groups in total. The number of carbonyl (C=O) groups is 1. The summed E-state index contributed by atoms with van der Waals surface area (Å²) in [5, 5.41) is 3.23. The Bertz CT molecular complexity index is 1780. The van der Waals surface area contributed by atoms with E-state index in [4.69, 9.17) is 12.2 Å². The smallest absolute Gasteiger partial charge is 0.295 e. The number of nitrogens with one attached hydrogen (secondary N) is 2. The van der Waals surface area contributed by atoms with Crippen LogP contribution >= 0.6 is 12.2 Å². The molecule has 5 rings (SSSR count). The molecule has 0 unspecified atom stereocenters. The Balaban J connectivity index is 1.53. The van der Waals surface area contributed by atoms with E-state index in [9.17, 15) is 14.4 Å². The highest BCUT2D eigenvalue weighted by molar-refractivity contribution is 7.71. The summed E-state index contributed by atoms with van der Waals surface area (Å²) >= 11 is 5.42. The predicted molar refractivity (Wildman–Crippen MR) is 138 cm³/mol. The van der Waals surface area contributed by atoms with Crippen LogP contribution in [-0.4, -0.2) is 24.8 Å². The maximum absolute atomic E-state index is 13.2. The van der Waals surface area contributed by atoms with Crippen molar-refractivity contribution >= 4 is 34.7 Å². The van der Waals surface area contributed by atoms with Crippen LogP contribution < -0.4 is 16.4 Å². The third kappa shape index (κ3) is 3.81. The number of amides is 1. The first kappa shape index (κ1) is 22.3. The summed E-state index contributed by atoms with van der Waals surface area (Å²) in [6.45, 7) is 1.76. The maximum Gasteiger partial charge on any atom is 0.295 e. The molecule has 0 fully saturated rings. The fourth-order valence-corrected chi connectivity index (χ4v) is 4.38. The quantitative estimate of drug-likeness (QED) is 0.377. The number of carbonyl (C=O) groups excluding carboxylic acids is 1. The van der Waals surface area contributed by atoms with Crippen LogP contribution in [-0.2, 0) is 7.05 Å². The van der Waals surface area contributed by atoms with Gasteiger partial charge in [0.1, 0.15) is 5.69 Å². The molecule has 0 bridgehead atoms. The molecular weight excluding hydrogens is 462 g/mol. The highest BCUT2D eigenvalue weighted by Crippen LogP contribution is 2.17. The fourth-order valence-electron chi connectivity index (χ4n) is 4.08. The standard InChI is InChI=1S/C26H21N5O3S/c1-16-22(25(34)31(29(16)2)18-10-4-3-5-11-18)28-23(32)17-9-8-12-19(15-17)30-24(33)20-13-6-7-14-21(20)27-26(30)35/h3-15H,1-2H3,(H,27,35)(H,28,32). The number of para-hydroxylation sites is 2. The SMILES string of the molecule is Cc1c(NC(=O)c2cccc(-n3c(=S)[nH]c4ccccc4c3=O)c2)c(=O)n(-c2ccccc2)n1C. The minimum Gasteiger partial charge on any atom is -0.331 e. The number of fused-ring (bicyclic) bond motifs is 1. The monoisotopic (exact) mass is 483 g/mol. The van der Waals surface area contributed by atoms with E-state index in [1.165, 1.54) is 9.25 Å². The molecule has 9 heteroatoms. The largest absolute Gasteiger partial charge is 0.331 e. The molecule has 0 aliphatic heterocycles. The number of benzene rings is 3. The molecule has 0 saturated carbocycles. The van der Waals surface area contributed by atoms with Gasteiger partial charge in [0, 0.05) is 12.6 Å². The molecule has 2 heterocycles. The van der Waals surface area contributed by atoms with Gasteiger partial charge >= 0.3 is 0 Å². The summed E-state index contributed by atoms with van der Waals surface area (Å²) < 4.78 is 4.76. The molecule has 2 aromatic heterocycles. The fraction of sp³-hybridized carbons (Fsp3) is 0.0769. The number of aromatic amines is 1. The molecule has 0 radical (unpaired) electrons. The van der Waals surface area contributed by atoms with Gasteiger partial charge in [-0.3, -0.25) is 23.6 Å². The molecule has 0 saturated heterocycles. The molecule has 174 valence electrons. The number of anilines is 1. The van der Waals surface area contributed by atoms with Crippen LogP contribution in [0.4, 0.5) is 5.69 Å². The average molecular weight is 484 g/mol. The number of rotatable bonds is 4. The average Bonchev–Trinajstić information content (AvgIpc) is 3.07. The lowest BCUT2D eigenvalue weighted by atomic mass is 10.1. The van der Waals surface area contributed by atoms with Crippen molar-refractivity contribution in [1.82, 2.24) is 18.9 Å². The minimum atomic E-state index is -0.471. The van der Waals surface area contributed by atoms with Crippen LogP contribution in [0.3, 0.4) is 0 Å². The first-order chi connectivity index (χ1) is 16.9. The summed E-state index contributed by atoms with van der Waals surface area (Å²) in [4.78, 5) is 42.5. The van der Waals surface area contributed by atoms with Gasteiger partial charge in [-0.05, 0) is 61.6 Å². The lowest BCUT2D eigenvalue weighted by Crippen LogP contribution is -2.23. The van der Waals surface area contributed by atoms with Gasteiger partial charge in [0.2, 0.25) is 0 Å². The first-order valence-corrected chi connectivity index (χ1v) is 11.3. The number of nitrogens with zero attached hydrogens (tertiary/aromatic N) is 3. The topological polar surface area (TPSA) is 93.8 Å². The molecular formula is C26H21N5O3S. The molecule has 5 aromatic rings. The van der Waals surface area contributed by atoms with Gasteiger partial charge in [0.05, 0.1) is 28.0 Å². The number of hydrogen-bond acceptors (Lipinski definition) is 4. The molecule has 8 nitrogen and oxygen atoms in total. The summed E-state index contributed by atoms with van der Waals surface area (Å²) in [5.74, 6) is -0.471. The highest BCUT2D eigenvalue weighted by Gasteiger charge is 2.19. The van der Waals surface area contributed by atoms with Gasteiger partial charge in [-0.1, -0.05) is 36.4 Å².